The molecule has 5 nitrogen and oxygen atoms in total. The van der Waals surface area contributed by atoms with Gasteiger partial charge >= 0.3 is 0 Å². The number of aromatic hydroxyl groups is 4. The zero-order valence-corrected chi connectivity index (χ0v) is 10.1. The molecule has 0 aliphatic heterocycles. The lowest BCUT2D eigenvalue weighted by Gasteiger charge is -2.09. The molecule has 0 saturated carbocycles. The van der Waals surface area contributed by atoms with E-state index in [1.807, 2.05) is 0 Å². The van der Waals surface area contributed by atoms with Gasteiger partial charge in [-0.1, -0.05) is 0 Å². The van der Waals surface area contributed by atoms with Crippen molar-refractivity contribution in [2.24, 2.45) is 0 Å². The average molecular weight is 260 g/mol. The molecule has 0 bridgehead atoms. The number of hydrogen-bond acceptors (Lipinski definition) is 5. The molecule has 0 aliphatic rings. The first kappa shape index (κ1) is 12.8. The van der Waals surface area contributed by atoms with Gasteiger partial charge in [-0.05, 0) is 30.7 Å². The van der Waals surface area contributed by atoms with Crippen LogP contribution in [0.15, 0.2) is 30.3 Å². The van der Waals surface area contributed by atoms with Crippen LogP contribution in [0.1, 0.15) is 21.5 Å². The molecule has 0 atom stereocenters. The highest BCUT2D eigenvalue weighted by Crippen LogP contribution is 2.32. The third kappa shape index (κ3) is 2.30. The van der Waals surface area contributed by atoms with Gasteiger partial charge in [0.05, 0.1) is 11.1 Å². The highest BCUT2D eigenvalue weighted by atomic mass is 16.3. The minimum atomic E-state index is -0.590. The highest BCUT2D eigenvalue weighted by molar-refractivity contribution is 6.13. The van der Waals surface area contributed by atoms with E-state index in [9.17, 15) is 25.2 Å². The van der Waals surface area contributed by atoms with Crippen LogP contribution in [-0.2, 0) is 0 Å². The summed E-state index contributed by atoms with van der Waals surface area (Å²) in [5.74, 6) is -1.65. The summed E-state index contributed by atoms with van der Waals surface area (Å²) in [6, 6.07) is 5.96. The van der Waals surface area contributed by atoms with E-state index >= 15 is 0 Å². The Morgan fingerprint density at radius 2 is 1.53 bits per heavy atom. The predicted molar refractivity (Wildman–Crippen MR) is 67.7 cm³/mol. The van der Waals surface area contributed by atoms with Crippen molar-refractivity contribution in [2.45, 2.75) is 6.92 Å². The van der Waals surface area contributed by atoms with Gasteiger partial charge in [-0.2, -0.15) is 0 Å². The summed E-state index contributed by atoms with van der Waals surface area (Å²) in [7, 11) is 0. The fourth-order valence-electron chi connectivity index (χ4n) is 1.89. The summed E-state index contributed by atoms with van der Waals surface area (Å²) in [6.07, 6.45) is 0. The molecule has 2 aromatic rings. The van der Waals surface area contributed by atoms with E-state index in [1.54, 1.807) is 6.92 Å². The van der Waals surface area contributed by atoms with Gasteiger partial charge in [-0.15, -0.1) is 0 Å². The molecule has 0 aromatic heterocycles. The summed E-state index contributed by atoms with van der Waals surface area (Å²) in [5.41, 5.74) is 0.343. The zero-order valence-electron chi connectivity index (χ0n) is 10.1. The number of phenolic OH excluding ortho intramolecular Hbond substituents is 4. The van der Waals surface area contributed by atoms with Crippen LogP contribution in [-0.4, -0.2) is 26.2 Å². The van der Waals surface area contributed by atoms with Gasteiger partial charge in [0.25, 0.3) is 0 Å². The number of phenols is 4. The Morgan fingerprint density at radius 1 is 0.895 bits per heavy atom. The normalized spacial score (nSPS) is 10.4. The van der Waals surface area contributed by atoms with Gasteiger partial charge < -0.3 is 20.4 Å². The molecule has 2 rings (SSSR count). The molecule has 4 N–H and O–H groups in total. The van der Waals surface area contributed by atoms with Crippen LogP contribution in [0.25, 0.3) is 0 Å². The molecule has 0 saturated heterocycles. The third-order valence-corrected chi connectivity index (χ3v) is 2.75. The van der Waals surface area contributed by atoms with Crippen molar-refractivity contribution in [3.8, 4) is 23.0 Å². The van der Waals surface area contributed by atoms with Crippen molar-refractivity contribution in [1.29, 1.82) is 0 Å². The number of benzene rings is 2. The Bertz CT molecular complexity index is 638. The van der Waals surface area contributed by atoms with E-state index in [2.05, 4.69) is 0 Å². The maximum atomic E-state index is 12.2. The fraction of sp³-hybridized carbons (Fsp3) is 0.0714. The van der Waals surface area contributed by atoms with E-state index in [4.69, 9.17) is 0 Å². The monoisotopic (exact) mass is 260 g/mol. The van der Waals surface area contributed by atoms with Crippen LogP contribution in [0.5, 0.6) is 23.0 Å². The number of carbonyl (C=O) groups is 1. The second kappa shape index (κ2) is 4.53. The van der Waals surface area contributed by atoms with Crippen molar-refractivity contribution in [3.05, 3.63) is 47.0 Å². The van der Waals surface area contributed by atoms with Crippen LogP contribution in [0.4, 0.5) is 0 Å². The van der Waals surface area contributed by atoms with Gasteiger partial charge in [-0.25, -0.2) is 0 Å². The SMILES string of the molecule is Cc1cc(O)cc(O)c1C(=O)c1ccc(O)cc1O. The lowest BCUT2D eigenvalue weighted by atomic mass is 9.97. The van der Waals surface area contributed by atoms with Gasteiger partial charge in [-0.3, -0.25) is 4.79 Å². The number of ketones is 1. The summed E-state index contributed by atoms with van der Waals surface area (Å²) < 4.78 is 0. The minimum absolute atomic E-state index is 0.00112. The van der Waals surface area contributed by atoms with Gasteiger partial charge in [0, 0.05) is 12.1 Å². The first-order chi connectivity index (χ1) is 8.90. The Kier molecular flexibility index (Phi) is 3.04. The van der Waals surface area contributed by atoms with E-state index in [0.717, 1.165) is 12.1 Å². The molecule has 0 heterocycles. The second-order valence-electron chi connectivity index (χ2n) is 4.19. The molecule has 0 amide bonds. The van der Waals surface area contributed by atoms with Crippen molar-refractivity contribution in [2.75, 3.05) is 0 Å². The van der Waals surface area contributed by atoms with Crippen molar-refractivity contribution in [3.63, 3.8) is 0 Å². The van der Waals surface area contributed by atoms with E-state index in [0.29, 0.717) is 5.56 Å². The Hall–Kier alpha value is -2.69. The van der Waals surface area contributed by atoms with Crippen LogP contribution < -0.4 is 0 Å². The van der Waals surface area contributed by atoms with Crippen LogP contribution in [0.2, 0.25) is 0 Å². The van der Waals surface area contributed by atoms with E-state index in [-0.39, 0.29) is 34.1 Å². The Balaban J connectivity index is 2.56. The molecule has 2 aromatic carbocycles. The van der Waals surface area contributed by atoms with Crippen molar-refractivity contribution >= 4 is 5.78 Å². The van der Waals surface area contributed by atoms with Crippen LogP contribution in [0, 0.1) is 6.92 Å². The summed E-state index contributed by atoms with van der Waals surface area (Å²) >= 11 is 0. The fourth-order valence-corrected chi connectivity index (χ4v) is 1.89. The number of aryl methyl sites for hydroxylation is 1. The van der Waals surface area contributed by atoms with Crippen molar-refractivity contribution in [1.82, 2.24) is 0 Å². The first-order valence-corrected chi connectivity index (χ1v) is 5.49. The topological polar surface area (TPSA) is 98.0 Å². The molecule has 0 aliphatic carbocycles. The largest absolute Gasteiger partial charge is 0.508 e. The zero-order chi connectivity index (χ0) is 14.2. The predicted octanol–water partition coefficient (Wildman–Crippen LogP) is 2.05. The molecular weight excluding hydrogens is 248 g/mol. The standard InChI is InChI=1S/C14H12O5/c1-7-4-9(16)6-12(18)13(7)14(19)10-3-2-8(15)5-11(10)17/h2-6,15-18H,1H3. The second-order valence-corrected chi connectivity index (χ2v) is 4.19. The number of carbonyl (C=O) groups excluding carboxylic acids is 1. The molecule has 0 spiro atoms. The average Bonchev–Trinajstić information content (AvgIpc) is 2.26. The van der Waals surface area contributed by atoms with Crippen LogP contribution in [0.3, 0.4) is 0 Å². The lowest BCUT2D eigenvalue weighted by Crippen LogP contribution is -2.04. The minimum Gasteiger partial charge on any atom is -0.508 e. The van der Waals surface area contributed by atoms with Crippen LogP contribution >= 0.6 is 0 Å². The summed E-state index contributed by atoms with van der Waals surface area (Å²) in [5, 5.41) is 37.9. The smallest absolute Gasteiger partial charge is 0.200 e. The Labute approximate surface area is 109 Å². The van der Waals surface area contributed by atoms with E-state index < -0.39 is 5.78 Å². The highest BCUT2D eigenvalue weighted by Gasteiger charge is 2.20. The van der Waals surface area contributed by atoms with Gasteiger partial charge in [0.15, 0.2) is 0 Å². The molecule has 5 heteroatoms. The summed E-state index contributed by atoms with van der Waals surface area (Å²) in [6.45, 7) is 1.56. The molecule has 19 heavy (non-hydrogen) atoms. The quantitative estimate of drug-likeness (QED) is 0.619. The maximum absolute atomic E-state index is 12.2. The van der Waals surface area contributed by atoms with Gasteiger partial charge in [0.2, 0.25) is 5.78 Å². The van der Waals surface area contributed by atoms with E-state index in [1.165, 1.54) is 18.2 Å². The first-order valence-electron chi connectivity index (χ1n) is 5.49. The molecular formula is C14H12O5. The third-order valence-electron chi connectivity index (χ3n) is 2.75. The Morgan fingerprint density at radius 3 is 2.11 bits per heavy atom. The van der Waals surface area contributed by atoms with Crippen molar-refractivity contribution < 1.29 is 25.2 Å². The molecule has 0 fully saturated rings. The molecule has 0 radical (unpaired) electrons. The maximum Gasteiger partial charge on any atom is 0.200 e. The number of hydrogen-bond donors (Lipinski definition) is 4. The number of rotatable bonds is 2. The van der Waals surface area contributed by atoms with Gasteiger partial charge in [0.1, 0.15) is 23.0 Å². The lowest BCUT2D eigenvalue weighted by molar-refractivity contribution is 0.103. The molecule has 98 valence electrons. The molecule has 0 unspecified atom stereocenters. The summed E-state index contributed by atoms with van der Waals surface area (Å²) in [4.78, 5) is 12.2.